The van der Waals surface area contributed by atoms with Gasteiger partial charge in [-0.2, -0.15) is 0 Å². The summed E-state index contributed by atoms with van der Waals surface area (Å²) in [5, 5.41) is 8.71. The highest BCUT2D eigenvalue weighted by atomic mass is 16.3. The van der Waals surface area contributed by atoms with Gasteiger partial charge in [0.25, 0.3) is 0 Å². The molecule has 0 aromatic rings. The molecule has 11 heavy (non-hydrogen) atoms. The maximum atomic E-state index is 8.71. The van der Waals surface area contributed by atoms with Gasteiger partial charge >= 0.3 is 0 Å². The molecule has 0 aliphatic carbocycles. The number of β-amino-alcohol motifs (C(OH)–C–C–N with tert-alkyl or cyclic N) is 1. The summed E-state index contributed by atoms with van der Waals surface area (Å²) in [6.45, 7) is 7.30. The third-order valence-electron chi connectivity index (χ3n) is 2.20. The first-order chi connectivity index (χ1) is 5.33. The van der Waals surface area contributed by atoms with Crippen molar-refractivity contribution >= 4 is 0 Å². The Kier molecular flexibility index (Phi) is 3.60. The van der Waals surface area contributed by atoms with E-state index >= 15 is 0 Å². The maximum Gasteiger partial charge on any atom is 0.0558 e. The topological polar surface area (TPSA) is 23.5 Å². The average molecular weight is 155 g/mol. The zero-order valence-corrected chi connectivity index (χ0v) is 7.05. The van der Waals surface area contributed by atoms with E-state index in [-0.39, 0.29) is 6.61 Å². The monoisotopic (exact) mass is 155 g/mol. The van der Waals surface area contributed by atoms with E-state index in [4.69, 9.17) is 5.11 Å². The summed E-state index contributed by atoms with van der Waals surface area (Å²) in [5.74, 6) is 0. The number of nitrogens with zero attached hydrogens (tertiary/aromatic N) is 1. The predicted octanol–water partition coefficient (Wildman–Crippen LogP) is 1.02. The van der Waals surface area contributed by atoms with E-state index < -0.39 is 0 Å². The number of likely N-dealkylation sites (tertiary alicyclic amines) is 1. The summed E-state index contributed by atoms with van der Waals surface area (Å²) in [7, 11) is 0. The molecule has 1 saturated heterocycles. The normalized spacial score (nSPS) is 21.7. The van der Waals surface area contributed by atoms with Gasteiger partial charge < -0.3 is 10.0 Å². The molecule has 0 radical (unpaired) electrons. The van der Waals surface area contributed by atoms with Crippen LogP contribution in [0.1, 0.15) is 19.3 Å². The van der Waals surface area contributed by atoms with E-state index in [1.54, 1.807) is 0 Å². The summed E-state index contributed by atoms with van der Waals surface area (Å²) in [5.41, 5.74) is 1.37. The first-order valence-electron chi connectivity index (χ1n) is 4.33. The minimum absolute atomic E-state index is 0.284. The molecule has 1 aliphatic rings. The molecule has 0 bridgehead atoms. The van der Waals surface area contributed by atoms with Gasteiger partial charge in [0.1, 0.15) is 0 Å². The van der Waals surface area contributed by atoms with E-state index in [9.17, 15) is 0 Å². The molecule has 0 amide bonds. The lowest BCUT2D eigenvalue weighted by molar-refractivity contribution is 0.201. The fraction of sp³-hybridized carbons (Fsp3) is 0.778. The third kappa shape index (κ3) is 3.04. The molecule has 0 saturated carbocycles. The molecule has 64 valence electrons. The van der Waals surface area contributed by atoms with Crippen LogP contribution >= 0.6 is 0 Å². The van der Waals surface area contributed by atoms with Crippen LogP contribution in [0, 0.1) is 0 Å². The molecule has 0 aromatic carbocycles. The maximum absolute atomic E-state index is 8.71. The van der Waals surface area contributed by atoms with Crippen molar-refractivity contribution in [3.8, 4) is 0 Å². The van der Waals surface area contributed by atoms with E-state index in [2.05, 4.69) is 11.5 Å². The first kappa shape index (κ1) is 8.75. The highest BCUT2D eigenvalue weighted by Gasteiger charge is 2.09. The predicted molar refractivity (Wildman–Crippen MR) is 46.5 cm³/mol. The molecule has 1 aliphatic heterocycles. The number of hydrogen-bond acceptors (Lipinski definition) is 2. The fourth-order valence-electron chi connectivity index (χ4n) is 1.47. The van der Waals surface area contributed by atoms with Crippen molar-refractivity contribution in [2.24, 2.45) is 0 Å². The molecular weight excluding hydrogens is 138 g/mol. The molecule has 1 heterocycles. The van der Waals surface area contributed by atoms with Crippen molar-refractivity contribution in [3.63, 3.8) is 0 Å². The zero-order valence-electron chi connectivity index (χ0n) is 7.05. The largest absolute Gasteiger partial charge is 0.395 e. The van der Waals surface area contributed by atoms with Crippen LogP contribution in [-0.2, 0) is 0 Å². The van der Waals surface area contributed by atoms with Gasteiger partial charge in [-0.05, 0) is 25.8 Å². The Balaban J connectivity index is 2.28. The highest BCUT2D eigenvalue weighted by Crippen LogP contribution is 2.13. The van der Waals surface area contributed by atoms with Crippen molar-refractivity contribution < 1.29 is 5.11 Å². The zero-order chi connectivity index (χ0) is 8.10. The number of aliphatic hydroxyl groups is 1. The molecule has 0 unspecified atom stereocenters. The highest BCUT2D eigenvalue weighted by molar-refractivity contribution is 4.96. The lowest BCUT2D eigenvalue weighted by atomic mass is 10.1. The van der Waals surface area contributed by atoms with Gasteiger partial charge in [0.15, 0.2) is 0 Å². The van der Waals surface area contributed by atoms with Crippen molar-refractivity contribution in [1.82, 2.24) is 4.90 Å². The van der Waals surface area contributed by atoms with Crippen LogP contribution in [0.4, 0.5) is 0 Å². The fourth-order valence-corrected chi connectivity index (χ4v) is 1.47. The Bertz CT molecular complexity index is 134. The quantitative estimate of drug-likeness (QED) is 0.602. The van der Waals surface area contributed by atoms with Gasteiger partial charge in [-0.25, -0.2) is 0 Å². The second-order valence-corrected chi connectivity index (χ2v) is 3.17. The van der Waals surface area contributed by atoms with Gasteiger partial charge in [-0.3, -0.25) is 0 Å². The number of rotatable bonds is 2. The molecule has 1 rings (SSSR count). The van der Waals surface area contributed by atoms with Gasteiger partial charge in [0, 0.05) is 13.1 Å². The van der Waals surface area contributed by atoms with Gasteiger partial charge in [-0.15, -0.1) is 0 Å². The van der Waals surface area contributed by atoms with Crippen molar-refractivity contribution in [3.05, 3.63) is 12.2 Å². The van der Waals surface area contributed by atoms with E-state index in [1.807, 2.05) is 0 Å². The Morgan fingerprint density at radius 2 is 2.18 bits per heavy atom. The Morgan fingerprint density at radius 3 is 2.91 bits per heavy atom. The second kappa shape index (κ2) is 4.52. The standard InChI is InChI=1S/C9H17NO/c1-9-3-2-5-10(6-4-9)7-8-11/h11H,1-8H2. The molecular formula is C9H17NO. The smallest absolute Gasteiger partial charge is 0.0558 e. The Labute approximate surface area is 68.5 Å². The molecule has 1 N–H and O–H groups in total. The number of aliphatic hydroxyl groups excluding tert-OH is 1. The van der Waals surface area contributed by atoms with E-state index in [0.717, 1.165) is 26.1 Å². The summed E-state index contributed by atoms with van der Waals surface area (Å²) in [6, 6.07) is 0. The van der Waals surface area contributed by atoms with Crippen LogP contribution in [0.3, 0.4) is 0 Å². The van der Waals surface area contributed by atoms with Gasteiger partial charge in [0.05, 0.1) is 6.61 Å². The molecule has 2 heteroatoms. The van der Waals surface area contributed by atoms with E-state index in [0.29, 0.717) is 0 Å². The van der Waals surface area contributed by atoms with Crippen LogP contribution in [0.5, 0.6) is 0 Å². The van der Waals surface area contributed by atoms with Crippen molar-refractivity contribution in [2.45, 2.75) is 19.3 Å². The lowest BCUT2D eigenvalue weighted by Gasteiger charge is -2.17. The summed E-state index contributed by atoms with van der Waals surface area (Å²) >= 11 is 0. The Hall–Kier alpha value is -0.340. The minimum Gasteiger partial charge on any atom is -0.395 e. The minimum atomic E-state index is 0.284. The second-order valence-electron chi connectivity index (χ2n) is 3.17. The van der Waals surface area contributed by atoms with Crippen molar-refractivity contribution in [2.75, 3.05) is 26.2 Å². The lowest BCUT2D eigenvalue weighted by Crippen LogP contribution is -2.27. The molecule has 2 nitrogen and oxygen atoms in total. The number of hydrogen-bond donors (Lipinski definition) is 1. The van der Waals surface area contributed by atoms with Gasteiger partial charge in [-0.1, -0.05) is 12.2 Å². The van der Waals surface area contributed by atoms with Crippen molar-refractivity contribution in [1.29, 1.82) is 0 Å². The third-order valence-corrected chi connectivity index (χ3v) is 2.20. The molecule has 0 aromatic heterocycles. The van der Waals surface area contributed by atoms with Crippen LogP contribution < -0.4 is 0 Å². The van der Waals surface area contributed by atoms with Crippen LogP contribution in [0.25, 0.3) is 0 Å². The average Bonchev–Trinajstić information content (AvgIpc) is 2.17. The summed E-state index contributed by atoms with van der Waals surface area (Å²) in [6.07, 6.45) is 3.49. The Morgan fingerprint density at radius 1 is 1.36 bits per heavy atom. The molecule has 0 spiro atoms. The SMILES string of the molecule is C=C1CCCN(CCO)CC1. The first-order valence-corrected chi connectivity index (χ1v) is 4.33. The van der Waals surface area contributed by atoms with E-state index in [1.165, 1.54) is 18.4 Å². The van der Waals surface area contributed by atoms with Gasteiger partial charge in [0.2, 0.25) is 0 Å². The molecule has 0 atom stereocenters. The van der Waals surface area contributed by atoms with Crippen LogP contribution in [0.2, 0.25) is 0 Å². The van der Waals surface area contributed by atoms with Crippen LogP contribution in [-0.4, -0.2) is 36.2 Å². The van der Waals surface area contributed by atoms with Crippen LogP contribution in [0.15, 0.2) is 12.2 Å². The molecule has 1 fully saturated rings. The summed E-state index contributed by atoms with van der Waals surface area (Å²) < 4.78 is 0. The summed E-state index contributed by atoms with van der Waals surface area (Å²) in [4.78, 5) is 2.30.